The molecule has 1 aliphatic carbocycles. The van der Waals surface area contributed by atoms with Crippen LogP contribution in [0.2, 0.25) is 0 Å². The van der Waals surface area contributed by atoms with Crippen LogP contribution >= 0.6 is 0 Å². The van der Waals surface area contributed by atoms with Gasteiger partial charge in [-0.15, -0.1) is 0 Å². The molecular formula is C27H53N3. The van der Waals surface area contributed by atoms with Gasteiger partial charge in [-0.2, -0.15) is 5.26 Å². The minimum absolute atomic E-state index is 0.144. The van der Waals surface area contributed by atoms with E-state index in [4.69, 9.17) is 5.84 Å². The first kappa shape index (κ1) is 27.4. The maximum absolute atomic E-state index is 9.68. The van der Waals surface area contributed by atoms with Crippen molar-refractivity contribution >= 4 is 0 Å². The molecule has 0 aromatic rings. The van der Waals surface area contributed by atoms with Crippen LogP contribution in [0.5, 0.6) is 0 Å². The van der Waals surface area contributed by atoms with Crippen molar-refractivity contribution in [2.45, 2.75) is 132 Å². The number of hydrogen-bond donors (Lipinski definition) is 2. The van der Waals surface area contributed by atoms with E-state index in [-0.39, 0.29) is 16.2 Å². The van der Waals surface area contributed by atoms with Gasteiger partial charge < -0.3 is 0 Å². The van der Waals surface area contributed by atoms with Crippen molar-refractivity contribution in [1.29, 1.82) is 5.26 Å². The van der Waals surface area contributed by atoms with Gasteiger partial charge in [0.15, 0.2) is 0 Å². The SMILES string of the molecule is CC(CC1CCCCCCC(C)(C(C)(C)CC(C)(C)C#N)C(C)C(C)CCC1)NN. The Labute approximate surface area is 188 Å². The molecule has 3 heteroatoms. The van der Waals surface area contributed by atoms with E-state index in [1.807, 2.05) is 0 Å². The summed E-state index contributed by atoms with van der Waals surface area (Å²) < 4.78 is 0. The minimum atomic E-state index is -0.266. The molecule has 0 radical (unpaired) electrons. The Kier molecular flexibility index (Phi) is 10.9. The van der Waals surface area contributed by atoms with Crippen LogP contribution < -0.4 is 11.3 Å². The van der Waals surface area contributed by atoms with E-state index < -0.39 is 0 Å². The summed E-state index contributed by atoms with van der Waals surface area (Å²) in [5, 5.41) is 9.68. The lowest BCUT2D eigenvalue weighted by molar-refractivity contribution is -0.0304. The summed E-state index contributed by atoms with van der Waals surface area (Å²) in [6, 6.07) is 2.98. The van der Waals surface area contributed by atoms with Crippen LogP contribution in [-0.2, 0) is 0 Å². The lowest BCUT2D eigenvalue weighted by Crippen LogP contribution is -2.45. The molecular weight excluding hydrogens is 366 g/mol. The molecule has 0 aliphatic heterocycles. The summed E-state index contributed by atoms with van der Waals surface area (Å²) in [7, 11) is 0. The monoisotopic (exact) mass is 419 g/mol. The molecule has 0 amide bonds. The molecule has 3 nitrogen and oxygen atoms in total. The van der Waals surface area contributed by atoms with E-state index in [9.17, 15) is 5.26 Å². The van der Waals surface area contributed by atoms with Crippen molar-refractivity contribution < 1.29 is 0 Å². The highest BCUT2D eigenvalue weighted by Crippen LogP contribution is 2.55. The molecule has 0 aromatic heterocycles. The van der Waals surface area contributed by atoms with E-state index in [0.717, 1.165) is 12.3 Å². The van der Waals surface area contributed by atoms with E-state index >= 15 is 0 Å². The van der Waals surface area contributed by atoms with E-state index in [0.29, 0.717) is 17.9 Å². The summed E-state index contributed by atoms with van der Waals surface area (Å²) in [6.45, 7) is 18.8. The summed E-state index contributed by atoms with van der Waals surface area (Å²) in [4.78, 5) is 0. The van der Waals surface area contributed by atoms with Gasteiger partial charge in [0.1, 0.15) is 0 Å². The Morgan fingerprint density at radius 1 is 1.03 bits per heavy atom. The van der Waals surface area contributed by atoms with Crippen molar-refractivity contribution in [1.82, 2.24) is 5.43 Å². The van der Waals surface area contributed by atoms with Gasteiger partial charge in [0.2, 0.25) is 0 Å². The third kappa shape index (κ3) is 7.83. The number of rotatable bonds is 6. The first-order chi connectivity index (χ1) is 13.9. The zero-order chi connectivity index (χ0) is 23.0. The predicted molar refractivity (Wildman–Crippen MR) is 131 cm³/mol. The van der Waals surface area contributed by atoms with E-state index in [1.165, 1.54) is 64.2 Å². The topological polar surface area (TPSA) is 61.8 Å². The lowest BCUT2D eigenvalue weighted by atomic mass is 9.52. The highest BCUT2D eigenvalue weighted by molar-refractivity contribution is 5.02. The van der Waals surface area contributed by atoms with Gasteiger partial charge in [-0.1, -0.05) is 86.0 Å². The van der Waals surface area contributed by atoms with E-state index in [2.05, 4.69) is 66.9 Å². The third-order valence-corrected chi connectivity index (χ3v) is 8.89. The fraction of sp³-hybridized carbons (Fsp3) is 0.963. The quantitative estimate of drug-likeness (QED) is 0.344. The second-order valence-corrected chi connectivity index (χ2v) is 12.3. The molecule has 0 spiro atoms. The maximum Gasteiger partial charge on any atom is 0.0684 e. The molecule has 0 bridgehead atoms. The Bertz CT molecular complexity index is 533. The van der Waals surface area contributed by atoms with Crippen LogP contribution in [-0.4, -0.2) is 6.04 Å². The van der Waals surface area contributed by atoms with Gasteiger partial charge in [-0.25, -0.2) is 0 Å². The van der Waals surface area contributed by atoms with Crippen molar-refractivity contribution in [3.05, 3.63) is 0 Å². The van der Waals surface area contributed by atoms with Gasteiger partial charge in [0, 0.05) is 6.04 Å². The van der Waals surface area contributed by atoms with E-state index in [1.54, 1.807) is 0 Å². The second kappa shape index (κ2) is 11.9. The molecule has 176 valence electrons. The number of nitrogens with two attached hydrogens (primary N) is 1. The zero-order valence-electron chi connectivity index (χ0n) is 21.6. The standard InChI is InChI=1S/C27H53N3/c1-21-14-13-16-24(18-22(2)30-29)15-11-9-10-12-17-27(8,23(21)3)26(6,7)19-25(4,5)20-28/h21-24,30H,9-19,29H2,1-8H3. The zero-order valence-corrected chi connectivity index (χ0v) is 21.6. The number of hydrazine groups is 1. The average Bonchev–Trinajstić information content (AvgIpc) is 2.68. The molecule has 5 unspecified atom stereocenters. The van der Waals surface area contributed by atoms with Crippen LogP contribution in [0.25, 0.3) is 0 Å². The fourth-order valence-corrected chi connectivity index (χ4v) is 6.36. The van der Waals surface area contributed by atoms with Gasteiger partial charge in [0.25, 0.3) is 0 Å². The smallest absolute Gasteiger partial charge is 0.0684 e. The summed E-state index contributed by atoms with van der Waals surface area (Å²) in [6.07, 6.45) is 14.2. The molecule has 0 saturated heterocycles. The lowest BCUT2D eigenvalue weighted by Gasteiger charge is -2.52. The Hall–Kier alpha value is -0.590. The second-order valence-electron chi connectivity index (χ2n) is 12.3. The maximum atomic E-state index is 9.68. The molecule has 1 fully saturated rings. The van der Waals surface area contributed by atoms with Crippen LogP contribution in [0, 0.1) is 45.3 Å². The van der Waals surface area contributed by atoms with Crippen LogP contribution in [0.15, 0.2) is 0 Å². The highest BCUT2D eigenvalue weighted by atomic mass is 15.2. The first-order valence-corrected chi connectivity index (χ1v) is 12.8. The number of nitrogens with zero attached hydrogens (tertiary/aromatic N) is 1. The molecule has 0 heterocycles. The van der Waals surface area contributed by atoms with Crippen molar-refractivity contribution in [2.75, 3.05) is 0 Å². The van der Waals surface area contributed by atoms with Gasteiger partial charge in [-0.3, -0.25) is 11.3 Å². The fourth-order valence-electron chi connectivity index (χ4n) is 6.36. The number of nitriles is 1. The average molecular weight is 420 g/mol. The predicted octanol–water partition coefficient (Wildman–Crippen LogP) is 7.61. The third-order valence-electron chi connectivity index (χ3n) is 8.89. The van der Waals surface area contributed by atoms with Crippen LogP contribution in [0.1, 0.15) is 126 Å². The minimum Gasteiger partial charge on any atom is -0.271 e. The molecule has 5 atom stereocenters. The number of hydrogen-bond acceptors (Lipinski definition) is 3. The Morgan fingerprint density at radius 3 is 2.23 bits per heavy atom. The van der Waals surface area contributed by atoms with Gasteiger partial charge in [0.05, 0.1) is 11.5 Å². The molecule has 3 N–H and O–H groups in total. The molecule has 1 saturated carbocycles. The Morgan fingerprint density at radius 2 is 1.63 bits per heavy atom. The van der Waals surface area contributed by atoms with Crippen LogP contribution in [0.4, 0.5) is 0 Å². The molecule has 1 rings (SSSR count). The van der Waals surface area contributed by atoms with Gasteiger partial charge >= 0.3 is 0 Å². The Balaban J connectivity index is 2.99. The van der Waals surface area contributed by atoms with Crippen molar-refractivity contribution in [3.8, 4) is 6.07 Å². The van der Waals surface area contributed by atoms with Crippen molar-refractivity contribution in [3.63, 3.8) is 0 Å². The summed E-state index contributed by atoms with van der Waals surface area (Å²) in [5.74, 6) is 7.85. The molecule has 0 aromatic carbocycles. The number of nitrogens with one attached hydrogen (secondary N) is 1. The van der Waals surface area contributed by atoms with Crippen molar-refractivity contribution in [2.24, 2.45) is 39.8 Å². The normalized spacial score (nSPS) is 31.7. The first-order valence-electron chi connectivity index (χ1n) is 12.8. The molecule has 1 aliphatic rings. The summed E-state index contributed by atoms with van der Waals surface area (Å²) >= 11 is 0. The van der Waals surface area contributed by atoms with Crippen LogP contribution in [0.3, 0.4) is 0 Å². The summed E-state index contributed by atoms with van der Waals surface area (Å²) in [5.41, 5.74) is 3.09. The van der Waals surface area contributed by atoms with Gasteiger partial charge in [-0.05, 0) is 68.6 Å². The highest BCUT2D eigenvalue weighted by Gasteiger charge is 2.47. The molecule has 30 heavy (non-hydrogen) atoms. The largest absolute Gasteiger partial charge is 0.271 e.